The van der Waals surface area contributed by atoms with E-state index in [-0.39, 0.29) is 17.9 Å². The van der Waals surface area contributed by atoms with Crippen LogP contribution in [0.4, 0.5) is 0 Å². The number of carbonyl (C=O) groups is 1. The van der Waals surface area contributed by atoms with Crippen molar-refractivity contribution in [3.63, 3.8) is 0 Å². The van der Waals surface area contributed by atoms with Gasteiger partial charge in [0, 0.05) is 42.5 Å². The van der Waals surface area contributed by atoms with Crippen LogP contribution in [0.15, 0.2) is 54.7 Å². The summed E-state index contributed by atoms with van der Waals surface area (Å²) in [5.41, 5.74) is 4.81. The molecule has 1 aromatic heterocycles. The Bertz CT molecular complexity index is 875. The zero-order valence-corrected chi connectivity index (χ0v) is 15.4. The molecule has 1 N–H and O–H groups in total. The standard InChI is InChI=1S/C22H26N2O/c1-15(2)23-22(25)13-19(17-11-9-16(3)10-12-17)20-14-24(4)21-8-6-5-7-18(20)21/h5-12,14-15,19H,13H2,1-4H3,(H,23,25). The Labute approximate surface area is 149 Å². The second-order valence-corrected chi connectivity index (χ2v) is 7.10. The highest BCUT2D eigenvalue weighted by Crippen LogP contribution is 2.34. The van der Waals surface area contributed by atoms with Crippen LogP contribution in [0.25, 0.3) is 10.9 Å². The largest absolute Gasteiger partial charge is 0.354 e. The summed E-state index contributed by atoms with van der Waals surface area (Å²) in [6.45, 7) is 6.08. The number of aryl methyl sites for hydroxylation is 2. The van der Waals surface area contributed by atoms with Gasteiger partial charge in [-0.25, -0.2) is 0 Å². The van der Waals surface area contributed by atoms with Crippen molar-refractivity contribution >= 4 is 16.8 Å². The van der Waals surface area contributed by atoms with Crippen LogP contribution in [-0.2, 0) is 11.8 Å². The van der Waals surface area contributed by atoms with Gasteiger partial charge in [-0.1, -0.05) is 48.0 Å². The van der Waals surface area contributed by atoms with E-state index in [9.17, 15) is 4.79 Å². The summed E-state index contributed by atoms with van der Waals surface area (Å²) >= 11 is 0. The molecule has 0 radical (unpaired) electrons. The molecule has 3 aromatic rings. The maximum atomic E-state index is 12.5. The van der Waals surface area contributed by atoms with Crippen LogP contribution in [0.3, 0.4) is 0 Å². The number of nitrogens with one attached hydrogen (secondary N) is 1. The Morgan fingerprint density at radius 2 is 1.76 bits per heavy atom. The quantitative estimate of drug-likeness (QED) is 0.730. The van der Waals surface area contributed by atoms with Gasteiger partial charge in [0.15, 0.2) is 0 Å². The summed E-state index contributed by atoms with van der Waals surface area (Å²) in [5, 5.41) is 4.25. The molecule has 1 unspecified atom stereocenters. The first kappa shape index (κ1) is 17.3. The Balaban J connectivity index is 2.06. The summed E-state index contributed by atoms with van der Waals surface area (Å²) in [4.78, 5) is 12.5. The molecule has 1 heterocycles. The van der Waals surface area contributed by atoms with Gasteiger partial charge in [0.05, 0.1) is 0 Å². The molecular weight excluding hydrogens is 308 g/mol. The van der Waals surface area contributed by atoms with Crippen LogP contribution < -0.4 is 5.32 Å². The van der Waals surface area contributed by atoms with Crippen molar-refractivity contribution in [2.24, 2.45) is 7.05 Å². The maximum Gasteiger partial charge on any atom is 0.221 e. The van der Waals surface area contributed by atoms with E-state index in [2.05, 4.69) is 78.6 Å². The topological polar surface area (TPSA) is 34.0 Å². The van der Waals surface area contributed by atoms with Crippen molar-refractivity contribution in [1.29, 1.82) is 0 Å². The Morgan fingerprint density at radius 3 is 2.44 bits per heavy atom. The minimum Gasteiger partial charge on any atom is -0.354 e. The maximum absolute atomic E-state index is 12.5. The second kappa shape index (κ2) is 7.14. The van der Waals surface area contributed by atoms with Crippen LogP contribution >= 0.6 is 0 Å². The van der Waals surface area contributed by atoms with Crippen LogP contribution in [0, 0.1) is 6.92 Å². The monoisotopic (exact) mass is 334 g/mol. The predicted octanol–water partition coefficient (Wildman–Crippen LogP) is 4.53. The van der Waals surface area contributed by atoms with Crippen molar-refractivity contribution in [1.82, 2.24) is 9.88 Å². The number of amides is 1. The van der Waals surface area contributed by atoms with Crippen molar-refractivity contribution in [2.75, 3.05) is 0 Å². The molecule has 0 fully saturated rings. The van der Waals surface area contributed by atoms with Gasteiger partial charge in [-0.3, -0.25) is 4.79 Å². The SMILES string of the molecule is Cc1ccc(C(CC(=O)NC(C)C)c2cn(C)c3ccccc23)cc1. The number of carbonyl (C=O) groups excluding carboxylic acids is 1. The molecule has 1 amide bonds. The molecular formula is C22H26N2O. The first-order chi connectivity index (χ1) is 12.0. The van der Waals surface area contributed by atoms with E-state index in [0.29, 0.717) is 6.42 Å². The van der Waals surface area contributed by atoms with Gasteiger partial charge >= 0.3 is 0 Å². The van der Waals surface area contributed by atoms with Crippen molar-refractivity contribution in [3.8, 4) is 0 Å². The van der Waals surface area contributed by atoms with E-state index < -0.39 is 0 Å². The lowest BCUT2D eigenvalue weighted by molar-refractivity contribution is -0.121. The summed E-state index contributed by atoms with van der Waals surface area (Å²) in [6.07, 6.45) is 2.62. The van der Waals surface area contributed by atoms with Crippen LogP contribution in [0.2, 0.25) is 0 Å². The lowest BCUT2D eigenvalue weighted by Crippen LogP contribution is -2.31. The molecule has 0 saturated heterocycles. The van der Waals surface area contributed by atoms with Gasteiger partial charge in [0.25, 0.3) is 0 Å². The van der Waals surface area contributed by atoms with Gasteiger partial charge in [-0.15, -0.1) is 0 Å². The normalized spacial score (nSPS) is 12.5. The number of nitrogens with zero attached hydrogens (tertiary/aromatic N) is 1. The molecule has 3 heteroatoms. The third kappa shape index (κ3) is 3.76. The summed E-state index contributed by atoms with van der Waals surface area (Å²) in [6, 6.07) is 17.1. The first-order valence-corrected chi connectivity index (χ1v) is 8.85. The fourth-order valence-corrected chi connectivity index (χ4v) is 3.42. The van der Waals surface area contributed by atoms with E-state index in [1.54, 1.807) is 0 Å². The summed E-state index contributed by atoms with van der Waals surface area (Å²) < 4.78 is 2.15. The molecule has 0 bridgehead atoms. The molecule has 0 aliphatic heterocycles. The predicted molar refractivity (Wildman–Crippen MR) is 104 cm³/mol. The van der Waals surface area contributed by atoms with Gasteiger partial charge in [0.2, 0.25) is 5.91 Å². The number of benzene rings is 2. The number of aromatic nitrogens is 1. The van der Waals surface area contributed by atoms with E-state index in [1.165, 1.54) is 27.6 Å². The lowest BCUT2D eigenvalue weighted by Gasteiger charge is -2.18. The highest BCUT2D eigenvalue weighted by molar-refractivity contribution is 5.86. The van der Waals surface area contributed by atoms with E-state index in [1.807, 2.05) is 13.8 Å². The second-order valence-electron chi connectivity index (χ2n) is 7.10. The highest BCUT2D eigenvalue weighted by Gasteiger charge is 2.22. The molecule has 0 saturated carbocycles. The molecule has 3 nitrogen and oxygen atoms in total. The van der Waals surface area contributed by atoms with Crippen molar-refractivity contribution < 1.29 is 4.79 Å². The molecule has 1 atom stereocenters. The van der Waals surface area contributed by atoms with Gasteiger partial charge < -0.3 is 9.88 Å². The van der Waals surface area contributed by atoms with Crippen molar-refractivity contribution in [2.45, 2.75) is 39.2 Å². The zero-order chi connectivity index (χ0) is 18.0. The zero-order valence-electron chi connectivity index (χ0n) is 15.4. The van der Waals surface area contributed by atoms with Gasteiger partial charge in [-0.2, -0.15) is 0 Å². The average molecular weight is 334 g/mol. The molecule has 0 spiro atoms. The van der Waals surface area contributed by atoms with E-state index >= 15 is 0 Å². The lowest BCUT2D eigenvalue weighted by atomic mass is 9.87. The Hall–Kier alpha value is -2.55. The van der Waals surface area contributed by atoms with E-state index in [0.717, 1.165) is 0 Å². The minimum atomic E-state index is 0.0467. The fourth-order valence-electron chi connectivity index (χ4n) is 3.42. The third-order valence-electron chi connectivity index (χ3n) is 4.62. The van der Waals surface area contributed by atoms with Crippen LogP contribution in [0.1, 0.15) is 42.9 Å². The Morgan fingerprint density at radius 1 is 1.08 bits per heavy atom. The van der Waals surface area contributed by atoms with Crippen LogP contribution in [0.5, 0.6) is 0 Å². The molecule has 3 rings (SSSR count). The third-order valence-corrected chi connectivity index (χ3v) is 4.62. The van der Waals surface area contributed by atoms with E-state index in [4.69, 9.17) is 0 Å². The molecule has 25 heavy (non-hydrogen) atoms. The fraction of sp³-hybridized carbons (Fsp3) is 0.318. The number of hydrogen-bond acceptors (Lipinski definition) is 1. The highest BCUT2D eigenvalue weighted by atomic mass is 16.1. The van der Waals surface area contributed by atoms with Gasteiger partial charge in [-0.05, 0) is 38.0 Å². The molecule has 0 aliphatic rings. The first-order valence-electron chi connectivity index (χ1n) is 8.85. The smallest absolute Gasteiger partial charge is 0.221 e. The summed E-state index contributed by atoms with van der Waals surface area (Å²) in [7, 11) is 2.06. The molecule has 2 aromatic carbocycles. The minimum absolute atomic E-state index is 0.0467. The molecule has 130 valence electrons. The van der Waals surface area contributed by atoms with Crippen LogP contribution in [-0.4, -0.2) is 16.5 Å². The summed E-state index contributed by atoms with van der Waals surface area (Å²) in [5.74, 6) is 0.138. The average Bonchev–Trinajstić information content (AvgIpc) is 2.90. The number of fused-ring (bicyclic) bond motifs is 1. The number of rotatable bonds is 5. The number of hydrogen-bond donors (Lipinski definition) is 1. The number of para-hydroxylation sites is 1. The van der Waals surface area contributed by atoms with Crippen molar-refractivity contribution in [3.05, 3.63) is 71.4 Å². The molecule has 0 aliphatic carbocycles. The van der Waals surface area contributed by atoms with Gasteiger partial charge in [0.1, 0.15) is 0 Å². The Kier molecular flexibility index (Phi) is 4.93.